The van der Waals surface area contributed by atoms with Crippen molar-refractivity contribution in [1.82, 2.24) is 4.90 Å². The molecule has 2 unspecified atom stereocenters. The van der Waals surface area contributed by atoms with Crippen LogP contribution in [-0.2, 0) is 14.9 Å². The van der Waals surface area contributed by atoms with Crippen molar-refractivity contribution in [3.63, 3.8) is 0 Å². The fraction of sp³-hybridized carbons (Fsp3) is 0.486. The van der Waals surface area contributed by atoms with Crippen molar-refractivity contribution < 1.29 is 18.7 Å². The van der Waals surface area contributed by atoms with Crippen molar-refractivity contribution in [3.8, 4) is 0 Å². The number of rotatable bonds is 6. The van der Waals surface area contributed by atoms with Crippen molar-refractivity contribution >= 4 is 17.5 Å². The van der Waals surface area contributed by atoms with Crippen molar-refractivity contribution in [2.24, 2.45) is 11.8 Å². The Kier molecular flexibility index (Phi) is 8.67. The number of allylic oxidation sites excluding steroid dienone is 2. The summed E-state index contributed by atoms with van der Waals surface area (Å²) in [5.74, 6) is -0.618. The molecule has 0 aromatic heterocycles. The number of piperidine rings is 1. The van der Waals surface area contributed by atoms with E-state index in [0.29, 0.717) is 31.4 Å². The van der Waals surface area contributed by atoms with Crippen molar-refractivity contribution in [2.45, 2.75) is 90.2 Å². The molecular formula is C35H43FN2O3. The molecule has 1 aliphatic heterocycles. The van der Waals surface area contributed by atoms with Crippen LogP contribution in [-0.4, -0.2) is 35.4 Å². The molecule has 0 spiro atoms. The number of anilines is 1. The Labute approximate surface area is 243 Å². The maximum absolute atomic E-state index is 15.0. The molecule has 2 aliphatic carbocycles. The predicted molar refractivity (Wildman–Crippen MR) is 161 cm³/mol. The SMILES string of the molecule is Cc1cccc(F)c1C(=O)N1CCCC(C(=O)Nc2cccc(C(C)(C)C)c2)C1[C@@H]1C=CC(OC2CCCC2)=CC1. The van der Waals surface area contributed by atoms with E-state index in [1.807, 2.05) is 24.3 Å². The lowest BCUT2D eigenvalue weighted by Crippen LogP contribution is -2.55. The third kappa shape index (κ3) is 6.58. The number of carbonyl (C=O) groups excluding carboxylic acids is 2. The van der Waals surface area contributed by atoms with Gasteiger partial charge in [0, 0.05) is 18.2 Å². The van der Waals surface area contributed by atoms with Gasteiger partial charge in [0.2, 0.25) is 5.91 Å². The minimum atomic E-state index is -0.523. The number of halogens is 1. The minimum absolute atomic E-state index is 0.0492. The van der Waals surface area contributed by atoms with Gasteiger partial charge in [-0.25, -0.2) is 4.39 Å². The Balaban J connectivity index is 1.42. The first-order valence-electron chi connectivity index (χ1n) is 15.1. The van der Waals surface area contributed by atoms with Crippen LogP contribution in [0.5, 0.6) is 0 Å². The highest BCUT2D eigenvalue weighted by atomic mass is 19.1. The summed E-state index contributed by atoms with van der Waals surface area (Å²) in [4.78, 5) is 29.6. The topological polar surface area (TPSA) is 58.6 Å². The van der Waals surface area contributed by atoms with Gasteiger partial charge in [0.25, 0.3) is 5.91 Å². The number of carbonyl (C=O) groups is 2. The summed E-state index contributed by atoms with van der Waals surface area (Å²) < 4.78 is 21.2. The molecule has 41 heavy (non-hydrogen) atoms. The number of nitrogens with one attached hydrogen (secondary N) is 1. The van der Waals surface area contributed by atoms with E-state index in [1.54, 1.807) is 24.0 Å². The average Bonchev–Trinajstić information content (AvgIpc) is 3.46. The standard InChI is InChI=1S/C35H43FN2O3/c1-23-10-7-16-30(36)31(23)34(40)38-21-9-15-29(33(39)37-26-12-8-11-25(22-26)35(2,3)4)32(38)24-17-19-28(20-18-24)41-27-13-5-6-14-27/h7-8,10-12,16-17,19-20,22,24,27,29,32H,5-6,9,13-15,18,21H2,1-4H3,(H,37,39)/t24-,29?,32?/m1/s1. The number of ether oxygens (including phenoxy) is 1. The van der Waals surface area contributed by atoms with Crippen molar-refractivity contribution in [3.05, 3.63) is 89.0 Å². The molecule has 1 saturated heterocycles. The third-order valence-electron chi connectivity index (χ3n) is 8.86. The van der Waals surface area contributed by atoms with Crippen LogP contribution >= 0.6 is 0 Å². The zero-order chi connectivity index (χ0) is 29.1. The normalized spacial score (nSPS) is 23.3. The highest BCUT2D eigenvalue weighted by molar-refractivity contribution is 5.98. The van der Waals surface area contributed by atoms with Crippen LogP contribution in [0.25, 0.3) is 0 Å². The molecule has 1 N–H and O–H groups in total. The van der Waals surface area contributed by atoms with Crippen LogP contribution in [0.15, 0.2) is 66.5 Å². The quantitative estimate of drug-likeness (QED) is 0.395. The summed E-state index contributed by atoms with van der Waals surface area (Å²) in [6.45, 7) is 8.68. The second-order valence-corrected chi connectivity index (χ2v) is 12.9. The maximum atomic E-state index is 15.0. The zero-order valence-corrected chi connectivity index (χ0v) is 24.8. The highest BCUT2D eigenvalue weighted by Crippen LogP contribution is 2.37. The highest BCUT2D eigenvalue weighted by Gasteiger charge is 2.43. The number of benzene rings is 2. The van der Waals surface area contributed by atoms with E-state index in [4.69, 9.17) is 4.74 Å². The molecule has 3 atom stereocenters. The summed E-state index contributed by atoms with van der Waals surface area (Å²) in [7, 11) is 0. The molecule has 1 saturated carbocycles. The molecule has 2 aromatic carbocycles. The van der Waals surface area contributed by atoms with Crippen LogP contribution in [0, 0.1) is 24.6 Å². The molecule has 1 heterocycles. The lowest BCUT2D eigenvalue weighted by atomic mass is 9.77. The molecule has 2 fully saturated rings. The van der Waals surface area contributed by atoms with Gasteiger partial charge in [-0.1, -0.05) is 51.1 Å². The smallest absolute Gasteiger partial charge is 0.257 e. The Morgan fingerprint density at radius 1 is 1.02 bits per heavy atom. The number of hydrogen-bond donors (Lipinski definition) is 1. The molecule has 5 nitrogen and oxygen atoms in total. The van der Waals surface area contributed by atoms with E-state index < -0.39 is 17.8 Å². The second-order valence-electron chi connectivity index (χ2n) is 12.9. The van der Waals surface area contributed by atoms with Gasteiger partial charge < -0.3 is 15.0 Å². The molecule has 3 aliphatic rings. The van der Waals surface area contributed by atoms with E-state index in [2.05, 4.69) is 44.3 Å². The fourth-order valence-electron chi connectivity index (χ4n) is 6.57. The largest absolute Gasteiger partial charge is 0.491 e. The van der Waals surface area contributed by atoms with Crippen LogP contribution in [0.3, 0.4) is 0 Å². The summed E-state index contributed by atoms with van der Waals surface area (Å²) in [5, 5.41) is 3.16. The van der Waals surface area contributed by atoms with Gasteiger partial charge >= 0.3 is 0 Å². The maximum Gasteiger partial charge on any atom is 0.257 e. The van der Waals surface area contributed by atoms with Gasteiger partial charge in [-0.2, -0.15) is 0 Å². The van der Waals surface area contributed by atoms with Gasteiger partial charge in [0.1, 0.15) is 11.6 Å². The van der Waals surface area contributed by atoms with E-state index in [-0.39, 0.29) is 34.8 Å². The molecule has 0 bridgehead atoms. The zero-order valence-electron chi connectivity index (χ0n) is 24.8. The second kappa shape index (κ2) is 12.2. The molecule has 6 heteroatoms. The first kappa shape index (κ1) is 29.1. The molecule has 0 radical (unpaired) electrons. The Morgan fingerprint density at radius 3 is 2.46 bits per heavy atom. The van der Waals surface area contributed by atoms with Crippen LogP contribution in [0.4, 0.5) is 10.1 Å². The predicted octanol–water partition coefficient (Wildman–Crippen LogP) is 7.71. The van der Waals surface area contributed by atoms with Crippen LogP contribution < -0.4 is 5.32 Å². The van der Waals surface area contributed by atoms with E-state index in [1.165, 1.54) is 18.9 Å². The lowest BCUT2D eigenvalue weighted by molar-refractivity contribution is -0.123. The van der Waals surface area contributed by atoms with Gasteiger partial charge in [-0.3, -0.25) is 9.59 Å². The summed E-state index contributed by atoms with van der Waals surface area (Å²) in [6, 6.07) is 12.3. The van der Waals surface area contributed by atoms with Crippen LogP contribution in [0.2, 0.25) is 0 Å². The monoisotopic (exact) mass is 558 g/mol. The molecular weight excluding hydrogens is 515 g/mol. The summed E-state index contributed by atoms with van der Waals surface area (Å²) in [6.07, 6.45) is 13.0. The third-order valence-corrected chi connectivity index (χ3v) is 8.86. The Hall–Kier alpha value is -3.41. The number of nitrogens with zero attached hydrogens (tertiary/aromatic N) is 1. The van der Waals surface area contributed by atoms with Gasteiger partial charge in [0.05, 0.1) is 23.6 Å². The summed E-state index contributed by atoms with van der Waals surface area (Å²) >= 11 is 0. The molecule has 2 amide bonds. The van der Waals surface area contributed by atoms with E-state index in [0.717, 1.165) is 29.9 Å². The Bertz CT molecular complexity index is 1310. The van der Waals surface area contributed by atoms with Gasteiger partial charge in [-0.05, 0) is 98.8 Å². The fourth-order valence-corrected chi connectivity index (χ4v) is 6.57. The van der Waals surface area contributed by atoms with Crippen molar-refractivity contribution in [1.29, 1.82) is 0 Å². The number of hydrogen-bond acceptors (Lipinski definition) is 3. The van der Waals surface area contributed by atoms with E-state index >= 15 is 0 Å². The average molecular weight is 559 g/mol. The number of amides is 2. The van der Waals surface area contributed by atoms with E-state index in [9.17, 15) is 14.0 Å². The molecule has 2 aromatic rings. The first-order valence-corrected chi connectivity index (χ1v) is 15.1. The Morgan fingerprint density at radius 2 is 1.78 bits per heavy atom. The number of likely N-dealkylation sites (tertiary alicyclic amines) is 1. The van der Waals surface area contributed by atoms with Crippen molar-refractivity contribution in [2.75, 3.05) is 11.9 Å². The summed E-state index contributed by atoms with van der Waals surface area (Å²) in [5.41, 5.74) is 2.54. The molecule has 218 valence electrons. The number of aryl methyl sites for hydroxylation is 1. The first-order chi connectivity index (χ1) is 19.6. The lowest BCUT2D eigenvalue weighted by Gasteiger charge is -2.44. The van der Waals surface area contributed by atoms with Gasteiger partial charge in [0.15, 0.2) is 0 Å². The molecule has 5 rings (SSSR count). The van der Waals surface area contributed by atoms with Gasteiger partial charge in [-0.15, -0.1) is 0 Å². The van der Waals surface area contributed by atoms with Crippen LogP contribution in [0.1, 0.15) is 87.2 Å². The minimum Gasteiger partial charge on any atom is -0.491 e.